The zero-order chi connectivity index (χ0) is 12.3. The summed E-state index contributed by atoms with van der Waals surface area (Å²) in [5.74, 6) is 0.167. The normalized spacial score (nSPS) is 10.4. The molecule has 3 N–H and O–H groups in total. The third kappa shape index (κ3) is 2.48. The second kappa shape index (κ2) is 4.75. The number of carbonyl (C=O) groups excluding carboxylic acids is 1. The Labute approximate surface area is 97.8 Å². The smallest absolute Gasteiger partial charge is 0.250 e. The molecule has 0 spiro atoms. The van der Waals surface area contributed by atoms with Gasteiger partial charge in [-0.15, -0.1) is 0 Å². The van der Waals surface area contributed by atoms with Crippen molar-refractivity contribution in [2.45, 2.75) is 0 Å². The van der Waals surface area contributed by atoms with Crippen LogP contribution in [0.2, 0.25) is 0 Å². The van der Waals surface area contributed by atoms with E-state index in [2.05, 4.69) is 15.3 Å². The van der Waals surface area contributed by atoms with Crippen LogP contribution in [0.4, 0.5) is 11.5 Å². The summed E-state index contributed by atoms with van der Waals surface area (Å²) in [4.78, 5) is 19.3. The molecule has 1 amide bonds. The van der Waals surface area contributed by atoms with Crippen molar-refractivity contribution in [3.63, 3.8) is 0 Å². The first-order chi connectivity index (χ1) is 8.20. The van der Waals surface area contributed by atoms with Crippen LogP contribution in [0.25, 0.3) is 10.9 Å². The topological polar surface area (TPSA) is 90.1 Å². The number of nitrogens with zero attached hydrogens (tertiary/aromatic N) is 2. The molecule has 0 saturated heterocycles. The molecule has 0 radical (unpaired) electrons. The molecule has 1 aromatic carbocycles. The van der Waals surface area contributed by atoms with E-state index in [9.17, 15) is 4.79 Å². The highest BCUT2D eigenvalue weighted by Gasteiger charge is 2.04. The lowest BCUT2D eigenvalue weighted by Gasteiger charge is -2.06. The summed E-state index contributed by atoms with van der Waals surface area (Å²) in [6.07, 6.45) is 1.40. The van der Waals surface area contributed by atoms with E-state index in [0.717, 1.165) is 5.52 Å². The van der Waals surface area contributed by atoms with Crippen LogP contribution in [0.15, 0.2) is 24.5 Å². The van der Waals surface area contributed by atoms with Crippen LogP contribution >= 0.6 is 0 Å². The van der Waals surface area contributed by atoms with Gasteiger partial charge in [0.25, 0.3) is 0 Å². The molecule has 0 unspecified atom stereocenters. The molecule has 17 heavy (non-hydrogen) atoms. The number of aromatic nitrogens is 2. The number of hydrogen-bond donors (Lipinski definition) is 2. The Bertz CT molecular complexity index is 556. The van der Waals surface area contributed by atoms with Crippen molar-refractivity contribution in [2.24, 2.45) is 0 Å². The van der Waals surface area contributed by atoms with Crippen molar-refractivity contribution >= 4 is 28.3 Å². The monoisotopic (exact) mass is 232 g/mol. The quantitative estimate of drug-likeness (QED) is 0.816. The van der Waals surface area contributed by atoms with Gasteiger partial charge in [-0.25, -0.2) is 9.97 Å². The number of methoxy groups -OCH3 is 1. The molecule has 1 heterocycles. The Hall–Kier alpha value is -2.21. The standard InChI is InChI=1S/C11H12N4O2/c1-17-5-10(16)15-7-2-3-9-8(4-7)11(12)14-6-13-9/h2-4,6H,5H2,1H3,(H,15,16)(H2,12,13,14). The Kier molecular flexibility index (Phi) is 3.15. The van der Waals surface area contributed by atoms with Gasteiger partial charge in [-0.05, 0) is 18.2 Å². The molecular weight excluding hydrogens is 220 g/mol. The third-order valence-electron chi connectivity index (χ3n) is 2.23. The number of nitrogens with one attached hydrogen (secondary N) is 1. The molecule has 6 heteroatoms. The van der Waals surface area contributed by atoms with Crippen molar-refractivity contribution in [2.75, 3.05) is 24.8 Å². The number of rotatable bonds is 3. The number of nitrogen functional groups attached to an aromatic ring is 1. The molecule has 0 bridgehead atoms. The number of hydrogen-bond acceptors (Lipinski definition) is 5. The minimum Gasteiger partial charge on any atom is -0.383 e. The van der Waals surface area contributed by atoms with Gasteiger partial charge in [-0.1, -0.05) is 0 Å². The van der Waals surface area contributed by atoms with E-state index in [1.54, 1.807) is 18.2 Å². The van der Waals surface area contributed by atoms with Crippen LogP contribution < -0.4 is 11.1 Å². The Morgan fingerprint density at radius 3 is 3.06 bits per heavy atom. The average molecular weight is 232 g/mol. The fourth-order valence-electron chi connectivity index (χ4n) is 1.48. The van der Waals surface area contributed by atoms with Crippen LogP contribution in [-0.2, 0) is 9.53 Å². The van der Waals surface area contributed by atoms with Crippen molar-refractivity contribution in [1.29, 1.82) is 0 Å². The first-order valence-corrected chi connectivity index (χ1v) is 4.99. The Balaban J connectivity index is 2.31. The van der Waals surface area contributed by atoms with Gasteiger partial charge in [0.1, 0.15) is 18.8 Å². The summed E-state index contributed by atoms with van der Waals surface area (Å²) in [7, 11) is 1.46. The summed E-state index contributed by atoms with van der Waals surface area (Å²) in [6, 6.07) is 5.26. The summed E-state index contributed by atoms with van der Waals surface area (Å²) >= 11 is 0. The number of ether oxygens (including phenoxy) is 1. The van der Waals surface area contributed by atoms with E-state index in [1.165, 1.54) is 13.4 Å². The zero-order valence-corrected chi connectivity index (χ0v) is 9.30. The fourth-order valence-corrected chi connectivity index (χ4v) is 1.48. The van der Waals surface area contributed by atoms with E-state index in [1.807, 2.05) is 0 Å². The van der Waals surface area contributed by atoms with Crippen LogP contribution in [0.3, 0.4) is 0 Å². The summed E-state index contributed by atoms with van der Waals surface area (Å²) in [5.41, 5.74) is 7.10. The minimum atomic E-state index is -0.220. The second-order valence-electron chi connectivity index (χ2n) is 3.47. The number of carbonyl (C=O) groups is 1. The summed E-state index contributed by atoms with van der Waals surface area (Å²) < 4.78 is 4.73. The Morgan fingerprint density at radius 1 is 1.47 bits per heavy atom. The maximum atomic E-state index is 11.3. The lowest BCUT2D eigenvalue weighted by molar-refractivity contribution is -0.119. The molecule has 88 valence electrons. The molecule has 0 fully saturated rings. The van der Waals surface area contributed by atoms with Crippen LogP contribution in [0, 0.1) is 0 Å². The first kappa shape index (κ1) is 11.3. The number of benzene rings is 1. The lowest BCUT2D eigenvalue weighted by Crippen LogP contribution is -2.17. The van der Waals surface area contributed by atoms with Gasteiger partial charge in [0, 0.05) is 18.2 Å². The van der Waals surface area contributed by atoms with Crippen molar-refractivity contribution in [1.82, 2.24) is 9.97 Å². The lowest BCUT2D eigenvalue weighted by atomic mass is 10.2. The van der Waals surface area contributed by atoms with Crippen molar-refractivity contribution < 1.29 is 9.53 Å². The summed E-state index contributed by atoms with van der Waals surface area (Å²) in [5, 5.41) is 3.40. The number of fused-ring (bicyclic) bond motifs is 1. The molecular formula is C11H12N4O2. The van der Waals surface area contributed by atoms with Gasteiger partial charge >= 0.3 is 0 Å². The van der Waals surface area contributed by atoms with E-state index < -0.39 is 0 Å². The van der Waals surface area contributed by atoms with Gasteiger partial charge in [0.15, 0.2) is 0 Å². The van der Waals surface area contributed by atoms with Gasteiger partial charge in [-0.3, -0.25) is 4.79 Å². The fraction of sp³-hybridized carbons (Fsp3) is 0.182. The van der Waals surface area contributed by atoms with Crippen LogP contribution in [-0.4, -0.2) is 29.6 Å². The maximum Gasteiger partial charge on any atom is 0.250 e. The van der Waals surface area contributed by atoms with Crippen LogP contribution in [0.5, 0.6) is 0 Å². The highest BCUT2D eigenvalue weighted by molar-refractivity contribution is 5.96. The molecule has 2 rings (SSSR count). The van der Waals surface area contributed by atoms with Gasteiger partial charge in [0.2, 0.25) is 5.91 Å². The van der Waals surface area contributed by atoms with Gasteiger partial charge < -0.3 is 15.8 Å². The molecule has 2 aromatic rings. The molecule has 0 aliphatic carbocycles. The number of anilines is 2. The minimum absolute atomic E-state index is 0.0127. The highest BCUT2D eigenvalue weighted by atomic mass is 16.5. The molecule has 0 atom stereocenters. The molecule has 0 saturated carbocycles. The average Bonchev–Trinajstić information content (AvgIpc) is 2.30. The van der Waals surface area contributed by atoms with Crippen molar-refractivity contribution in [3.05, 3.63) is 24.5 Å². The summed E-state index contributed by atoms with van der Waals surface area (Å²) in [6.45, 7) is 0.0127. The molecule has 1 aromatic heterocycles. The van der Waals surface area contributed by atoms with E-state index >= 15 is 0 Å². The van der Waals surface area contributed by atoms with Crippen molar-refractivity contribution in [3.8, 4) is 0 Å². The number of amides is 1. The highest BCUT2D eigenvalue weighted by Crippen LogP contribution is 2.20. The van der Waals surface area contributed by atoms with Gasteiger partial charge in [-0.2, -0.15) is 0 Å². The largest absolute Gasteiger partial charge is 0.383 e. The van der Waals surface area contributed by atoms with Crippen LogP contribution in [0.1, 0.15) is 0 Å². The van der Waals surface area contributed by atoms with E-state index in [0.29, 0.717) is 16.9 Å². The second-order valence-corrected chi connectivity index (χ2v) is 3.47. The first-order valence-electron chi connectivity index (χ1n) is 4.99. The zero-order valence-electron chi connectivity index (χ0n) is 9.30. The molecule has 6 nitrogen and oxygen atoms in total. The maximum absolute atomic E-state index is 11.3. The number of nitrogens with two attached hydrogens (primary N) is 1. The molecule has 0 aliphatic heterocycles. The Morgan fingerprint density at radius 2 is 2.29 bits per heavy atom. The molecule has 0 aliphatic rings. The predicted molar refractivity (Wildman–Crippen MR) is 64.5 cm³/mol. The van der Waals surface area contributed by atoms with Gasteiger partial charge in [0.05, 0.1) is 5.52 Å². The van der Waals surface area contributed by atoms with E-state index in [-0.39, 0.29) is 12.5 Å². The predicted octanol–water partition coefficient (Wildman–Crippen LogP) is 0.797. The SMILES string of the molecule is COCC(=O)Nc1ccc2ncnc(N)c2c1. The third-order valence-corrected chi connectivity index (χ3v) is 2.23. The van der Waals surface area contributed by atoms with E-state index in [4.69, 9.17) is 10.5 Å².